The lowest BCUT2D eigenvalue weighted by Crippen LogP contribution is -2.07. The Morgan fingerprint density at radius 3 is 2.35 bits per heavy atom. The molecule has 0 aliphatic heterocycles. The number of ether oxygens (including phenoxy) is 1. The summed E-state index contributed by atoms with van der Waals surface area (Å²) in [5.41, 5.74) is -1.77. The Balaban J connectivity index is 2.01. The van der Waals surface area contributed by atoms with Gasteiger partial charge in [-0.05, 0) is 45.4 Å². The maximum atomic E-state index is 14.2. The summed E-state index contributed by atoms with van der Waals surface area (Å²) in [6, 6.07) is 3.93. The van der Waals surface area contributed by atoms with Crippen molar-refractivity contribution < 1.29 is 31.1 Å². The lowest BCUT2D eigenvalue weighted by molar-refractivity contribution is -0.138. The molecule has 0 radical (unpaired) electrons. The zero-order valence-corrected chi connectivity index (χ0v) is 16.3. The van der Waals surface area contributed by atoms with E-state index in [1.165, 1.54) is 0 Å². The molecule has 0 spiro atoms. The third kappa shape index (κ3) is 4.77. The molecule has 14 heteroatoms. The summed E-state index contributed by atoms with van der Waals surface area (Å²) in [6.07, 6.45) is -3.91. The minimum Gasteiger partial charge on any atom is -0.448 e. The SMILES string of the molecule is N#CC(=CNc1ccc(F)c(Br)c1Oc1c(F)cc(C(F)(F)F)cc1F)c1nn[nH]n1. The zero-order chi connectivity index (χ0) is 22.8. The summed E-state index contributed by atoms with van der Waals surface area (Å²) in [5.74, 6) is -5.98. The summed E-state index contributed by atoms with van der Waals surface area (Å²) in [7, 11) is 0. The standard InChI is InChI=1S/C17H7BrF6N6O/c18-13-9(19)1-2-12(26-6-7(5-25)16-27-29-30-28-16)15(13)31-14-10(20)3-8(4-11(14)21)17(22,23)24/h1-4,6,26H,(H,27,28,29,30). The Morgan fingerprint density at radius 1 is 1.13 bits per heavy atom. The Morgan fingerprint density at radius 2 is 1.81 bits per heavy atom. The first-order valence-electron chi connectivity index (χ1n) is 7.94. The Bertz CT molecular complexity index is 1170. The van der Waals surface area contributed by atoms with Crippen LogP contribution >= 0.6 is 15.9 Å². The molecule has 1 aromatic heterocycles. The van der Waals surface area contributed by atoms with E-state index in [1.54, 1.807) is 6.07 Å². The van der Waals surface area contributed by atoms with Gasteiger partial charge in [-0.1, -0.05) is 0 Å². The maximum Gasteiger partial charge on any atom is 0.416 e. The van der Waals surface area contributed by atoms with Crippen LogP contribution < -0.4 is 10.1 Å². The third-order valence-corrected chi connectivity index (χ3v) is 4.40. The van der Waals surface area contributed by atoms with Crippen LogP contribution in [-0.4, -0.2) is 20.6 Å². The molecule has 0 saturated carbocycles. The fourth-order valence-corrected chi connectivity index (χ4v) is 2.67. The summed E-state index contributed by atoms with van der Waals surface area (Å²) >= 11 is 2.86. The lowest BCUT2D eigenvalue weighted by atomic mass is 10.2. The van der Waals surface area contributed by atoms with Gasteiger partial charge in [-0.15, -0.1) is 10.2 Å². The van der Waals surface area contributed by atoms with Crippen LogP contribution in [0.15, 0.2) is 34.9 Å². The second-order valence-corrected chi connectivity index (χ2v) is 6.45. The fourth-order valence-electron chi connectivity index (χ4n) is 2.24. The number of anilines is 1. The topological polar surface area (TPSA) is 99.5 Å². The Kier molecular flexibility index (Phi) is 6.16. The van der Waals surface area contributed by atoms with E-state index in [-0.39, 0.29) is 33.7 Å². The van der Waals surface area contributed by atoms with Gasteiger partial charge in [0.05, 0.1) is 15.7 Å². The smallest absolute Gasteiger partial charge is 0.416 e. The molecule has 0 amide bonds. The van der Waals surface area contributed by atoms with Crippen molar-refractivity contribution >= 4 is 27.2 Å². The minimum absolute atomic E-state index is 0.0443. The summed E-state index contributed by atoms with van der Waals surface area (Å²) in [5, 5.41) is 24.4. The normalized spacial score (nSPS) is 11.9. The number of H-pyrrole nitrogens is 1. The van der Waals surface area contributed by atoms with Crippen molar-refractivity contribution in [2.24, 2.45) is 0 Å². The quantitative estimate of drug-likeness (QED) is 0.367. The average molecular weight is 505 g/mol. The van der Waals surface area contributed by atoms with Gasteiger partial charge >= 0.3 is 6.18 Å². The van der Waals surface area contributed by atoms with Gasteiger partial charge in [0.15, 0.2) is 23.1 Å². The number of aromatic nitrogens is 4. The number of aromatic amines is 1. The Labute approximate surface area is 177 Å². The van der Waals surface area contributed by atoms with Crippen molar-refractivity contribution in [1.82, 2.24) is 20.6 Å². The van der Waals surface area contributed by atoms with E-state index < -0.39 is 40.7 Å². The molecule has 160 valence electrons. The summed E-state index contributed by atoms with van der Waals surface area (Å²) < 4.78 is 85.2. The number of nitrogens with zero attached hydrogens (tertiary/aromatic N) is 4. The van der Waals surface area contributed by atoms with Gasteiger partial charge in [-0.3, -0.25) is 0 Å². The van der Waals surface area contributed by atoms with Crippen molar-refractivity contribution in [1.29, 1.82) is 5.26 Å². The number of allylic oxidation sites excluding steroid dienone is 1. The van der Waals surface area contributed by atoms with Crippen molar-refractivity contribution in [2.45, 2.75) is 6.18 Å². The lowest BCUT2D eigenvalue weighted by Gasteiger charge is -2.16. The van der Waals surface area contributed by atoms with Crippen molar-refractivity contribution in [2.75, 3.05) is 5.32 Å². The van der Waals surface area contributed by atoms with Crippen LogP contribution in [0.1, 0.15) is 11.4 Å². The number of nitriles is 1. The van der Waals surface area contributed by atoms with Crippen LogP contribution in [0, 0.1) is 28.8 Å². The second kappa shape index (κ2) is 8.64. The molecule has 3 aromatic rings. The maximum absolute atomic E-state index is 14.2. The molecule has 0 saturated heterocycles. The molecule has 7 nitrogen and oxygen atoms in total. The highest BCUT2D eigenvalue weighted by molar-refractivity contribution is 9.10. The zero-order valence-electron chi connectivity index (χ0n) is 14.7. The van der Waals surface area contributed by atoms with Crippen molar-refractivity contribution in [3.8, 4) is 17.6 Å². The molecule has 2 aromatic carbocycles. The molecule has 0 unspecified atom stereocenters. The molecule has 3 rings (SSSR count). The van der Waals surface area contributed by atoms with Crippen LogP contribution in [0.4, 0.5) is 32.0 Å². The van der Waals surface area contributed by atoms with E-state index in [0.29, 0.717) is 0 Å². The first-order chi connectivity index (χ1) is 14.6. The van der Waals surface area contributed by atoms with Crippen LogP contribution in [0.3, 0.4) is 0 Å². The van der Waals surface area contributed by atoms with Gasteiger partial charge in [0.2, 0.25) is 5.82 Å². The number of rotatable bonds is 5. The number of hydrogen-bond donors (Lipinski definition) is 2. The summed E-state index contributed by atoms with van der Waals surface area (Å²) in [6.45, 7) is 0. The molecule has 0 bridgehead atoms. The van der Waals surface area contributed by atoms with Gasteiger partial charge in [0.1, 0.15) is 17.5 Å². The van der Waals surface area contributed by atoms with Crippen molar-refractivity contribution in [3.63, 3.8) is 0 Å². The van der Waals surface area contributed by atoms with Gasteiger partial charge in [-0.2, -0.15) is 23.6 Å². The predicted molar refractivity (Wildman–Crippen MR) is 96.9 cm³/mol. The molecule has 0 atom stereocenters. The molecule has 0 aliphatic carbocycles. The van der Waals surface area contributed by atoms with Crippen LogP contribution in [0.25, 0.3) is 5.57 Å². The second-order valence-electron chi connectivity index (χ2n) is 5.66. The average Bonchev–Trinajstić information content (AvgIpc) is 3.23. The van der Waals surface area contributed by atoms with Crippen LogP contribution in [-0.2, 0) is 6.18 Å². The van der Waals surface area contributed by atoms with Gasteiger partial charge in [0, 0.05) is 6.20 Å². The molecule has 0 aliphatic rings. The van der Waals surface area contributed by atoms with E-state index in [2.05, 4.69) is 41.9 Å². The Hall–Kier alpha value is -3.60. The van der Waals surface area contributed by atoms with Crippen LogP contribution in [0.2, 0.25) is 0 Å². The molecular formula is C17H7BrF6N6O. The third-order valence-electron chi connectivity index (χ3n) is 3.66. The number of alkyl halides is 3. The highest BCUT2D eigenvalue weighted by atomic mass is 79.9. The minimum atomic E-state index is -4.99. The van der Waals surface area contributed by atoms with Gasteiger partial charge < -0.3 is 10.1 Å². The van der Waals surface area contributed by atoms with Crippen molar-refractivity contribution in [3.05, 3.63) is 63.8 Å². The van der Waals surface area contributed by atoms with E-state index in [0.717, 1.165) is 18.3 Å². The number of hydrogen-bond acceptors (Lipinski definition) is 6. The number of benzene rings is 2. The largest absolute Gasteiger partial charge is 0.448 e. The highest BCUT2D eigenvalue weighted by Gasteiger charge is 2.33. The molecule has 1 heterocycles. The van der Waals surface area contributed by atoms with E-state index in [1.807, 2.05) is 0 Å². The molecule has 2 N–H and O–H groups in total. The first kappa shape index (κ1) is 22.1. The number of nitrogens with one attached hydrogen (secondary N) is 2. The van der Waals surface area contributed by atoms with E-state index >= 15 is 0 Å². The fraction of sp³-hybridized carbons (Fsp3) is 0.0588. The molecule has 0 fully saturated rings. The molecular weight excluding hydrogens is 498 g/mol. The monoisotopic (exact) mass is 504 g/mol. The highest BCUT2D eigenvalue weighted by Crippen LogP contribution is 2.41. The number of halogens is 7. The van der Waals surface area contributed by atoms with Gasteiger partial charge in [-0.25, -0.2) is 13.2 Å². The van der Waals surface area contributed by atoms with Gasteiger partial charge in [0.25, 0.3) is 0 Å². The summed E-state index contributed by atoms with van der Waals surface area (Å²) in [4.78, 5) is 0. The van der Waals surface area contributed by atoms with E-state index in [4.69, 9.17) is 4.74 Å². The van der Waals surface area contributed by atoms with Crippen LogP contribution in [0.5, 0.6) is 11.5 Å². The molecule has 31 heavy (non-hydrogen) atoms. The number of tetrazole rings is 1. The predicted octanol–water partition coefficient (Wildman–Crippen LogP) is 5.17. The first-order valence-corrected chi connectivity index (χ1v) is 8.73. The van der Waals surface area contributed by atoms with E-state index in [9.17, 15) is 31.6 Å².